The average Bonchev–Trinajstić information content (AvgIpc) is 3.46. The Morgan fingerprint density at radius 1 is 1.21 bits per heavy atom. The second-order valence-electron chi connectivity index (χ2n) is 7.89. The highest BCUT2D eigenvalue weighted by atomic mass is 79.9. The highest BCUT2D eigenvalue weighted by molar-refractivity contribution is 9.10. The molecule has 0 spiro atoms. The van der Waals surface area contributed by atoms with Crippen molar-refractivity contribution in [3.8, 4) is 0 Å². The minimum absolute atomic E-state index is 0.242. The van der Waals surface area contributed by atoms with Crippen molar-refractivity contribution in [1.82, 2.24) is 25.4 Å². The summed E-state index contributed by atoms with van der Waals surface area (Å²) in [4.78, 5) is 4.39. The number of benzene rings is 1. The molecule has 4 rings (SSSR count). The number of aliphatic imine (C=N–C) groups is 1. The first kappa shape index (κ1) is 19.4. The number of halogens is 1. The molecule has 1 aromatic heterocycles. The molecular formula is C21H29BrN6. The van der Waals surface area contributed by atoms with E-state index in [9.17, 15) is 0 Å². The van der Waals surface area contributed by atoms with Gasteiger partial charge >= 0.3 is 0 Å². The van der Waals surface area contributed by atoms with Gasteiger partial charge in [0, 0.05) is 49.4 Å². The quantitative estimate of drug-likeness (QED) is 0.530. The first-order valence-electron chi connectivity index (χ1n) is 10.3. The van der Waals surface area contributed by atoms with Gasteiger partial charge in [0.15, 0.2) is 5.96 Å². The third kappa shape index (κ3) is 4.40. The van der Waals surface area contributed by atoms with Crippen LogP contribution < -0.4 is 10.6 Å². The van der Waals surface area contributed by atoms with E-state index in [1.54, 1.807) is 0 Å². The van der Waals surface area contributed by atoms with Crippen LogP contribution in [-0.2, 0) is 24.8 Å². The minimum atomic E-state index is 0.242. The Labute approximate surface area is 175 Å². The topological polar surface area (TPSA) is 67.1 Å². The van der Waals surface area contributed by atoms with E-state index in [0.29, 0.717) is 0 Å². The van der Waals surface area contributed by atoms with Crippen LogP contribution in [0.2, 0.25) is 0 Å². The van der Waals surface area contributed by atoms with Gasteiger partial charge in [-0.1, -0.05) is 34.5 Å². The summed E-state index contributed by atoms with van der Waals surface area (Å²) in [5.41, 5.74) is 1.64. The molecule has 1 aliphatic heterocycles. The monoisotopic (exact) mass is 444 g/mol. The minimum Gasteiger partial charge on any atom is -0.356 e. The maximum absolute atomic E-state index is 4.41. The summed E-state index contributed by atoms with van der Waals surface area (Å²) in [6, 6.07) is 8.67. The third-order valence-electron chi connectivity index (χ3n) is 5.94. The van der Waals surface area contributed by atoms with Gasteiger partial charge in [-0.2, -0.15) is 0 Å². The van der Waals surface area contributed by atoms with Crippen LogP contribution in [0.4, 0.5) is 0 Å². The summed E-state index contributed by atoms with van der Waals surface area (Å²) >= 11 is 3.59. The summed E-state index contributed by atoms with van der Waals surface area (Å²) in [7, 11) is 1.83. The Kier molecular flexibility index (Phi) is 5.99. The Hall–Kier alpha value is -1.89. The lowest BCUT2D eigenvalue weighted by Gasteiger charge is -2.19. The van der Waals surface area contributed by atoms with Gasteiger partial charge in [-0.25, -0.2) is 0 Å². The molecule has 28 heavy (non-hydrogen) atoms. The third-order valence-corrected chi connectivity index (χ3v) is 6.43. The van der Waals surface area contributed by atoms with E-state index in [1.165, 1.54) is 37.7 Å². The Balaban J connectivity index is 1.28. The number of nitrogens with one attached hydrogen (secondary N) is 2. The largest absolute Gasteiger partial charge is 0.356 e. The number of hydrogen-bond donors (Lipinski definition) is 2. The Bertz CT molecular complexity index is 839. The first-order chi connectivity index (χ1) is 13.7. The van der Waals surface area contributed by atoms with Gasteiger partial charge in [0.05, 0.1) is 0 Å². The van der Waals surface area contributed by atoms with E-state index < -0.39 is 0 Å². The fourth-order valence-corrected chi connectivity index (χ4v) is 4.43. The summed E-state index contributed by atoms with van der Waals surface area (Å²) in [5.74, 6) is 3.10. The van der Waals surface area contributed by atoms with Crippen molar-refractivity contribution in [2.45, 2.75) is 56.9 Å². The number of guanidine groups is 1. The Morgan fingerprint density at radius 2 is 2.11 bits per heavy atom. The number of nitrogens with zero attached hydrogens (tertiary/aromatic N) is 4. The zero-order valence-electron chi connectivity index (χ0n) is 16.5. The highest BCUT2D eigenvalue weighted by Gasteiger charge is 2.44. The molecule has 150 valence electrons. The molecule has 0 atom stereocenters. The number of hydrogen-bond acceptors (Lipinski definition) is 3. The second kappa shape index (κ2) is 8.64. The fourth-order valence-electron chi connectivity index (χ4n) is 4.03. The lowest BCUT2D eigenvalue weighted by molar-refractivity contribution is 0.598. The molecule has 1 aliphatic carbocycles. The number of rotatable bonds is 6. The van der Waals surface area contributed by atoms with Crippen molar-refractivity contribution in [1.29, 1.82) is 0 Å². The molecule has 0 unspecified atom stereocenters. The standard InChI is InChI=1S/C21H29BrN6/c1-23-20(25-15-21(10-11-21)16-6-5-7-17(22)14-16)24-12-9-19-27-26-18-8-3-2-4-13-28(18)19/h5-7,14H,2-4,8-13,15H2,1H3,(H2,23,24,25). The number of fused-ring (bicyclic) bond motifs is 1. The van der Waals surface area contributed by atoms with Crippen LogP contribution in [0.15, 0.2) is 33.7 Å². The maximum Gasteiger partial charge on any atom is 0.191 e. The van der Waals surface area contributed by atoms with Crippen LogP contribution in [-0.4, -0.2) is 40.9 Å². The van der Waals surface area contributed by atoms with Gasteiger partial charge in [0.1, 0.15) is 11.6 Å². The van der Waals surface area contributed by atoms with Crippen molar-refractivity contribution < 1.29 is 0 Å². The Morgan fingerprint density at radius 3 is 2.89 bits per heavy atom. The average molecular weight is 445 g/mol. The molecular weight excluding hydrogens is 416 g/mol. The predicted molar refractivity (Wildman–Crippen MR) is 116 cm³/mol. The number of aromatic nitrogens is 3. The molecule has 1 saturated carbocycles. The molecule has 2 heterocycles. The van der Waals surface area contributed by atoms with Crippen LogP contribution in [0.25, 0.3) is 0 Å². The van der Waals surface area contributed by atoms with Gasteiger partial charge in [-0.15, -0.1) is 10.2 Å². The van der Waals surface area contributed by atoms with Gasteiger partial charge in [-0.05, 0) is 43.4 Å². The van der Waals surface area contributed by atoms with E-state index in [2.05, 4.69) is 70.6 Å². The molecule has 6 nitrogen and oxygen atoms in total. The molecule has 2 aromatic rings. The summed E-state index contributed by atoms with van der Waals surface area (Å²) in [5, 5.41) is 15.8. The van der Waals surface area contributed by atoms with Crippen LogP contribution in [0.1, 0.15) is 49.3 Å². The fraction of sp³-hybridized carbons (Fsp3) is 0.571. The van der Waals surface area contributed by atoms with Crippen LogP contribution >= 0.6 is 15.9 Å². The van der Waals surface area contributed by atoms with Gasteiger partial charge in [0.2, 0.25) is 0 Å². The maximum atomic E-state index is 4.41. The lowest BCUT2D eigenvalue weighted by Crippen LogP contribution is -2.42. The smallest absolute Gasteiger partial charge is 0.191 e. The predicted octanol–water partition coefficient (Wildman–Crippen LogP) is 3.21. The molecule has 0 amide bonds. The van der Waals surface area contributed by atoms with Crippen molar-refractivity contribution in [2.24, 2.45) is 4.99 Å². The van der Waals surface area contributed by atoms with E-state index in [1.807, 2.05) is 7.05 Å². The van der Waals surface area contributed by atoms with Crippen molar-refractivity contribution in [2.75, 3.05) is 20.1 Å². The summed E-state index contributed by atoms with van der Waals surface area (Å²) in [6.45, 7) is 2.77. The lowest BCUT2D eigenvalue weighted by atomic mass is 9.96. The van der Waals surface area contributed by atoms with Crippen LogP contribution in [0, 0.1) is 0 Å². The van der Waals surface area contributed by atoms with Gasteiger partial charge < -0.3 is 15.2 Å². The molecule has 0 radical (unpaired) electrons. The first-order valence-corrected chi connectivity index (χ1v) is 11.1. The normalized spacial score (nSPS) is 18.3. The van der Waals surface area contributed by atoms with E-state index in [4.69, 9.17) is 0 Å². The second-order valence-corrected chi connectivity index (χ2v) is 8.80. The molecule has 7 heteroatoms. The van der Waals surface area contributed by atoms with E-state index >= 15 is 0 Å². The summed E-state index contributed by atoms with van der Waals surface area (Å²) < 4.78 is 3.46. The molecule has 2 aliphatic rings. The highest BCUT2D eigenvalue weighted by Crippen LogP contribution is 2.48. The van der Waals surface area contributed by atoms with Gasteiger partial charge in [0.25, 0.3) is 0 Å². The molecule has 2 N–H and O–H groups in total. The molecule has 0 bridgehead atoms. The molecule has 0 saturated heterocycles. The van der Waals surface area contributed by atoms with E-state index in [-0.39, 0.29) is 5.41 Å². The zero-order chi connectivity index (χ0) is 19.4. The van der Waals surface area contributed by atoms with Crippen LogP contribution in [0.5, 0.6) is 0 Å². The zero-order valence-corrected chi connectivity index (χ0v) is 18.1. The van der Waals surface area contributed by atoms with Crippen LogP contribution in [0.3, 0.4) is 0 Å². The van der Waals surface area contributed by atoms with Crippen molar-refractivity contribution in [3.05, 3.63) is 46.0 Å². The van der Waals surface area contributed by atoms with Crippen molar-refractivity contribution in [3.63, 3.8) is 0 Å². The molecule has 1 aromatic carbocycles. The SMILES string of the molecule is CN=C(NCCc1nnc2n1CCCCC2)NCC1(c2cccc(Br)c2)CC1. The van der Waals surface area contributed by atoms with Crippen molar-refractivity contribution >= 4 is 21.9 Å². The van der Waals surface area contributed by atoms with E-state index in [0.717, 1.165) is 54.6 Å². The molecule has 1 fully saturated rings. The summed E-state index contributed by atoms with van der Waals surface area (Å²) in [6.07, 6.45) is 8.11. The number of aryl methyl sites for hydroxylation is 1. The van der Waals surface area contributed by atoms with Gasteiger partial charge in [-0.3, -0.25) is 4.99 Å².